The van der Waals surface area contributed by atoms with E-state index in [0.717, 1.165) is 13.1 Å². The molecule has 0 saturated carbocycles. The van der Waals surface area contributed by atoms with Crippen molar-refractivity contribution in [1.29, 1.82) is 0 Å². The lowest BCUT2D eigenvalue weighted by molar-refractivity contribution is -0.136. The molecule has 1 heterocycles. The molecule has 0 bridgehead atoms. The van der Waals surface area contributed by atoms with E-state index in [1.165, 1.54) is 6.92 Å². The first-order valence-corrected chi connectivity index (χ1v) is 7.56. The minimum Gasteiger partial charge on any atom is -0.379 e. The van der Waals surface area contributed by atoms with Crippen molar-refractivity contribution in [3.8, 4) is 0 Å². The largest absolute Gasteiger partial charge is 0.379 e. The number of hydrogen-bond donors (Lipinski definition) is 2. The summed E-state index contributed by atoms with van der Waals surface area (Å²) in [4.78, 5) is 36.9. The Morgan fingerprint density at radius 3 is 2.35 bits per heavy atom. The van der Waals surface area contributed by atoms with Gasteiger partial charge in [-0.1, -0.05) is 0 Å². The molecule has 1 aliphatic heterocycles. The standard InChI is InChI=1S/C16H21N3O4/c1-12(20)13-2-4-14(5-3-13)18-16(22)15(21)17-6-7-19-8-10-23-11-9-19/h2-5H,6-11H2,1H3,(H,17,21)(H,18,22). The van der Waals surface area contributed by atoms with Gasteiger partial charge in [0, 0.05) is 37.4 Å². The van der Waals surface area contributed by atoms with Crippen molar-refractivity contribution in [2.75, 3.05) is 44.7 Å². The Balaban J connectivity index is 1.73. The molecule has 0 aromatic heterocycles. The Morgan fingerprint density at radius 2 is 1.74 bits per heavy atom. The molecule has 23 heavy (non-hydrogen) atoms. The zero-order valence-corrected chi connectivity index (χ0v) is 13.1. The average Bonchev–Trinajstić information content (AvgIpc) is 2.56. The quantitative estimate of drug-likeness (QED) is 0.601. The molecule has 0 aliphatic carbocycles. The summed E-state index contributed by atoms with van der Waals surface area (Å²) >= 11 is 0. The van der Waals surface area contributed by atoms with E-state index in [2.05, 4.69) is 15.5 Å². The van der Waals surface area contributed by atoms with Crippen LogP contribution in [0.25, 0.3) is 0 Å². The van der Waals surface area contributed by atoms with E-state index in [1.807, 2.05) is 0 Å². The van der Waals surface area contributed by atoms with Crippen molar-refractivity contribution in [3.63, 3.8) is 0 Å². The second kappa shape index (κ2) is 8.40. The van der Waals surface area contributed by atoms with Crippen LogP contribution in [0, 0.1) is 0 Å². The predicted molar refractivity (Wildman–Crippen MR) is 85.3 cm³/mol. The van der Waals surface area contributed by atoms with E-state index in [4.69, 9.17) is 4.74 Å². The number of hydrogen-bond acceptors (Lipinski definition) is 5. The van der Waals surface area contributed by atoms with Crippen LogP contribution in [0.2, 0.25) is 0 Å². The summed E-state index contributed by atoms with van der Waals surface area (Å²) in [6, 6.07) is 6.40. The molecular weight excluding hydrogens is 298 g/mol. The number of benzene rings is 1. The first-order valence-electron chi connectivity index (χ1n) is 7.56. The fraction of sp³-hybridized carbons (Fsp3) is 0.438. The van der Waals surface area contributed by atoms with Gasteiger partial charge in [0.25, 0.3) is 0 Å². The SMILES string of the molecule is CC(=O)c1ccc(NC(=O)C(=O)NCCN2CCOCC2)cc1. The molecule has 2 N–H and O–H groups in total. The summed E-state index contributed by atoms with van der Waals surface area (Å²) in [6.07, 6.45) is 0. The molecular formula is C16H21N3O4. The minimum absolute atomic E-state index is 0.0521. The van der Waals surface area contributed by atoms with Crippen molar-refractivity contribution in [2.45, 2.75) is 6.92 Å². The molecule has 7 heteroatoms. The van der Waals surface area contributed by atoms with Gasteiger partial charge in [0.1, 0.15) is 0 Å². The predicted octanol–water partition coefficient (Wildman–Crippen LogP) is 0.276. The number of carbonyl (C=O) groups excluding carboxylic acids is 3. The fourth-order valence-corrected chi connectivity index (χ4v) is 2.21. The maximum absolute atomic E-state index is 11.8. The molecule has 0 radical (unpaired) electrons. The number of morpholine rings is 1. The number of carbonyl (C=O) groups is 3. The van der Waals surface area contributed by atoms with Gasteiger partial charge in [0.15, 0.2) is 5.78 Å². The van der Waals surface area contributed by atoms with Crippen LogP contribution in [0.15, 0.2) is 24.3 Å². The van der Waals surface area contributed by atoms with Gasteiger partial charge < -0.3 is 15.4 Å². The second-order valence-corrected chi connectivity index (χ2v) is 5.30. The Hall–Kier alpha value is -2.25. The van der Waals surface area contributed by atoms with Crippen LogP contribution in [0.4, 0.5) is 5.69 Å². The zero-order valence-electron chi connectivity index (χ0n) is 13.1. The highest BCUT2D eigenvalue weighted by Crippen LogP contribution is 2.09. The molecule has 0 unspecified atom stereocenters. The lowest BCUT2D eigenvalue weighted by atomic mass is 10.1. The summed E-state index contributed by atoms with van der Waals surface area (Å²) in [6.45, 7) is 5.64. The summed E-state index contributed by atoms with van der Waals surface area (Å²) < 4.78 is 5.24. The number of anilines is 1. The normalized spacial score (nSPS) is 15.0. The average molecular weight is 319 g/mol. The lowest BCUT2D eigenvalue weighted by Gasteiger charge is -2.26. The molecule has 0 atom stereocenters. The zero-order chi connectivity index (χ0) is 16.7. The molecule has 0 spiro atoms. The Morgan fingerprint density at radius 1 is 1.09 bits per heavy atom. The highest BCUT2D eigenvalue weighted by atomic mass is 16.5. The summed E-state index contributed by atoms with van der Waals surface area (Å²) in [7, 11) is 0. The molecule has 1 aliphatic rings. The van der Waals surface area contributed by atoms with Crippen molar-refractivity contribution in [1.82, 2.24) is 10.2 Å². The van der Waals surface area contributed by atoms with Crippen LogP contribution in [0.1, 0.15) is 17.3 Å². The van der Waals surface area contributed by atoms with Gasteiger partial charge in [-0.05, 0) is 31.2 Å². The van der Waals surface area contributed by atoms with Crippen LogP contribution >= 0.6 is 0 Å². The van der Waals surface area contributed by atoms with Crippen molar-refractivity contribution in [3.05, 3.63) is 29.8 Å². The van der Waals surface area contributed by atoms with Crippen LogP contribution in [-0.2, 0) is 14.3 Å². The number of amides is 2. The van der Waals surface area contributed by atoms with Gasteiger partial charge in [-0.25, -0.2) is 0 Å². The summed E-state index contributed by atoms with van der Waals surface area (Å²) in [5.41, 5.74) is 1.03. The van der Waals surface area contributed by atoms with Gasteiger partial charge in [-0.2, -0.15) is 0 Å². The second-order valence-electron chi connectivity index (χ2n) is 5.30. The molecule has 7 nitrogen and oxygen atoms in total. The van der Waals surface area contributed by atoms with E-state index in [1.54, 1.807) is 24.3 Å². The van der Waals surface area contributed by atoms with E-state index >= 15 is 0 Å². The van der Waals surface area contributed by atoms with E-state index in [-0.39, 0.29) is 5.78 Å². The number of nitrogens with zero attached hydrogens (tertiary/aromatic N) is 1. The number of ketones is 1. The first kappa shape index (κ1) is 17.1. The monoisotopic (exact) mass is 319 g/mol. The maximum Gasteiger partial charge on any atom is 0.313 e. The molecule has 1 aromatic carbocycles. The van der Waals surface area contributed by atoms with E-state index in [9.17, 15) is 14.4 Å². The van der Waals surface area contributed by atoms with Gasteiger partial charge in [-0.15, -0.1) is 0 Å². The van der Waals surface area contributed by atoms with Crippen LogP contribution < -0.4 is 10.6 Å². The van der Waals surface area contributed by atoms with Crippen LogP contribution in [-0.4, -0.2) is 61.9 Å². The number of nitrogens with one attached hydrogen (secondary N) is 2. The highest BCUT2D eigenvalue weighted by Gasteiger charge is 2.15. The molecule has 2 rings (SSSR count). The summed E-state index contributed by atoms with van der Waals surface area (Å²) in [5.74, 6) is -1.44. The summed E-state index contributed by atoms with van der Waals surface area (Å²) in [5, 5.41) is 5.09. The third-order valence-electron chi connectivity index (χ3n) is 3.57. The minimum atomic E-state index is -0.720. The Labute approximate surface area is 135 Å². The third-order valence-corrected chi connectivity index (χ3v) is 3.57. The van der Waals surface area contributed by atoms with Gasteiger partial charge in [0.2, 0.25) is 0 Å². The molecule has 1 aromatic rings. The van der Waals surface area contributed by atoms with Crippen molar-refractivity contribution < 1.29 is 19.1 Å². The fourth-order valence-electron chi connectivity index (χ4n) is 2.21. The third kappa shape index (κ3) is 5.46. The van der Waals surface area contributed by atoms with Crippen LogP contribution in [0.5, 0.6) is 0 Å². The number of Topliss-reactive ketones (excluding diaryl/α,β-unsaturated/α-hetero) is 1. The highest BCUT2D eigenvalue weighted by molar-refractivity contribution is 6.39. The molecule has 1 saturated heterocycles. The number of rotatable bonds is 5. The van der Waals surface area contributed by atoms with Crippen molar-refractivity contribution in [2.24, 2.45) is 0 Å². The van der Waals surface area contributed by atoms with Gasteiger partial charge in [-0.3, -0.25) is 19.3 Å². The topological polar surface area (TPSA) is 87.7 Å². The molecule has 1 fully saturated rings. The van der Waals surface area contributed by atoms with Crippen molar-refractivity contribution >= 4 is 23.3 Å². The Kier molecular flexibility index (Phi) is 6.25. The Bertz CT molecular complexity index is 565. The smallest absolute Gasteiger partial charge is 0.313 e. The maximum atomic E-state index is 11.8. The van der Waals surface area contributed by atoms with E-state index < -0.39 is 11.8 Å². The molecule has 124 valence electrons. The van der Waals surface area contributed by atoms with E-state index in [0.29, 0.717) is 37.6 Å². The number of ether oxygens (including phenoxy) is 1. The van der Waals surface area contributed by atoms with Gasteiger partial charge >= 0.3 is 11.8 Å². The first-order chi connectivity index (χ1) is 11.1. The lowest BCUT2D eigenvalue weighted by Crippen LogP contribution is -2.43. The van der Waals surface area contributed by atoms with Crippen LogP contribution in [0.3, 0.4) is 0 Å². The molecule has 2 amide bonds. The van der Waals surface area contributed by atoms with Gasteiger partial charge in [0.05, 0.1) is 13.2 Å².